The van der Waals surface area contributed by atoms with Gasteiger partial charge in [0.05, 0.1) is 11.1 Å². The van der Waals surface area contributed by atoms with Crippen LogP contribution >= 0.6 is 0 Å². The summed E-state index contributed by atoms with van der Waals surface area (Å²) in [5.74, 6) is -0.609. The predicted molar refractivity (Wildman–Crippen MR) is 81.8 cm³/mol. The van der Waals surface area contributed by atoms with Gasteiger partial charge in [-0.25, -0.2) is 4.98 Å². The van der Waals surface area contributed by atoms with Gasteiger partial charge in [0.25, 0.3) is 0 Å². The first-order chi connectivity index (χ1) is 10.9. The smallest absolute Gasteiger partial charge is 0.224 e. The molecule has 0 amide bonds. The van der Waals surface area contributed by atoms with E-state index >= 15 is 0 Å². The predicted octanol–water partition coefficient (Wildman–Crippen LogP) is 1.61. The summed E-state index contributed by atoms with van der Waals surface area (Å²) in [7, 11) is 0. The Labute approximate surface area is 130 Å². The Balaban J connectivity index is 2.16. The summed E-state index contributed by atoms with van der Waals surface area (Å²) in [5, 5.41) is 38.5. The molecule has 0 atom stereocenters. The molecule has 3 aromatic rings. The zero-order valence-electron chi connectivity index (χ0n) is 11.7. The summed E-state index contributed by atoms with van der Waals surface area (Å²) in [6.45, 7) is 0. The number of phenols is 4. The van der Waals surface area contributed by atoms with Crippen molar-refractivity contribution < 1.29 is 20.4 Å². The van der Waals surface area contributed by atoms with Crippen LogP contribution in [0.4, 0.5) is 5.95 Å². The molecule has 0 spiro atoms. The third-order valence-electron chi connectivity index (χ3n) is 3.10. The van der Waals surface area contributed by atoms with Crippen molar-refractivity contribution in [3.8, 4) is 45.8 Å². The quantitative estimate of drug-likeness (QED) is 0.479. The molecule has 0 unspecified atom stereocenters. The number of nitrogens with zero attached hydrogens (tertiary/aromatic N) is 3. The molecule has 0 bridgehead atoms. The van der Waals surface area contributed by atoms with Crippen molar-refractivity contribution in [3.05, 3.63) is 36.4 Å². The van der Waals surface area contributed by atoms with Gasteiger partial charge in [-0.05, 0) is 24.3 Å². The zero-order chi connectivity index (χ0) is 16.6. The highest BCUT2D eigenvalue weighted by atomic mass is 16.3. The van der Waals surface area contributed by atoms with E-state index in [4.69, 9.17) is 5.73 Å². The molecule has 8 nitrogen and oxygen atoms in total. The molecular formula is C15H12N4O4. The minimum atomic E-state index is -0.225. The van der Waals surface area contributed by atoms with E-state index in [1.807, 2.05) is 0 Å². The minimum absolute atomic E-state index is 0.0810. The highest BCUT2D eigenvalue weighted by Gasteiger charge is 2.15. The van der Waals surface area contributed by atoms with E-state index in [0.717, 1.165) is 12.1 Å². The minimum Gasteiger partial charge on any atom is -0.508 e. The topological polar surface area (TPSA) is 146 Å². The number of benzene rings is 2. The van der Waals surface area contributed by atoms with Crippen LogP contribution in [-0.2, 0) is 0 Å². The first-order valence-electron chi connectivity index (χ1n) is 6.50. The average molecular weight is 312 g/mol. The van der Waals surface area contributed by atoms with Crippen molar-refractivity contribution in [2.24, 2.45) is 0 Å². The second-order valence-corrected chi connectivity index (χ2v) is 4.74. The fourth-order valence-electron chi connectivity index (χ4n) is 2.05. The first kappa shape index (κ1) is 14.4. The molecule has 0 aliphatic rings. The molecule has 8 heteroatoms. The van der Waals surface area contributed by atoms with Crippen LogP contribution in [0.5, 0.6) is 23.0 Å². The molecule has 6 N–H and O–H groups in total. The van der Waals surface area contributed by atoms with Gasteiger partial charge in [0, 0.05) is 12.1 Å². The molecule has 3 rings (SSSR count). The SMILES string of the molecule is Nc1nc(-c2ccc(O)cc2O)nc(-c2ccc(O)cc2O)n1. The lowest BCUT2D eigenvalue weighted by Crippen LogP contribution is -2.02. The molecule has 116 valence electrons. The fourth-order valence-corrected chi connectivity index (χ4v) is 2.05. The van der Waals surface area contributed by atoms with Crippen molar-refractivity contribution in [1.82, 2.24) is 15.0 Å². The van der Waals surface area contributed by atoms with Crippen LogP contribution in [0.2, 0.25) is 0 Å². The maximum atomic E-state index is 9.90. The summed E-state index contributed by atoms with van der Waals surface area (Å²) < 4.78 is 0. The normalized spacial score (nSPS) is 10.6. The average Bonchev–Trinajstić information content (AvgIpc) is 2.46. The molecule has 0 aliphatic heterocycles. The van der Waals surface area contributed by atoms with Crippen molar-refractivity contribution in [3.63, 3.8) is 0 Å². The first-order valence-corrected chi connectivity index (χ1v) is 6.50. The van der Waals surface area contributed by atoms with Gasteiger partial charge in [0.2, 0.25) is 5.95 Å². The Morgan fingerprint density at radius 2 is 1.09 bits per heavy atom. The largest absolute Gasteiger partial charge is 0.508 e. The molecule has 0 saturated carbocycles. The van der Waals surface area contributed by atoms with Crippen molar-refractivity contribution in [1.29, 1.82) is 0 Å². The van der Waals surface area contributed by atoms with Crippen LogP contribution in [-0.4, -0.2) is 35.4 Å². The molecule has 1 heterocycles. The van der Waals surface area contributed by atoms with E-state index in [1.54, 1.807) is 0 Å². The van der Waals surface area contributed by atoms with E-state index in [-0.39, 0.29) is 51.7 Å². The molecule has 2 aromatic carbocycles. The second kappa shape index (κ2) is 5.34. The molecule has 0 saturated heterocycles. The van der Waals surface area contributed by atoms with E-state index in [9.17, 15) is 20.4 Å². The Hall–Kier alpha value is -3.55. The van der Waals surface area contributed by atoms with Crippen LogP contribution in [0.1, 0.15) is 0 Å². The van der Waals surface area contributed by atoms with E-state index in [0.29, 0.717) is 0 Å². The van der Waals surface area contributed by atoms with Crippen molar-refractivity contribution in [2.75, 3.05) is 5.73 Å². The monoisotopic (exact) mass is 312 g/mol. The lowest BCUT2D eigenvalue weighted by atomic mass is 10.1. The third kappa shape index (κ3) is 2.77. The van der Waals surface area contributed by atoms with Gasteiger partial charge in [-0.2, -0.15) is 9.97 Å². The van der Waals surface area contributed by atoms with Crippen LogP contribution in [0, 0.1) is 0 Å². The fraction of sp³-hybridized carbons (Fsp3) is 0. The van der Waals surface area contributed by atoms with Crippen LogP contribution < -0.4 is 5.73 Å². The van der Waals surface area contributed by atoms with Gasteiger partial charge in [-0.3, -0.25) is 0 Å². The number of nitrogens with two attached hydrogens (primary N) is 1. The summed E-state index contributed by atoms with van der Waals surface area (Å²) in [4.78, 5) is 12.1. The maximum Gasteiger partial charge on any atom is 0.224 e. The van der Waals surface area contributed by atoms with Crippen molar-refractivity contribution >= 4 is 5.95 Å². The van der Waals surface area contributed by atoms with E-state index in [1.165, 1.54) is 24.3 Å². The van der Waals surface area contributed by atoms with Gasteiger partial charge < -0.3 is 26.2 Å². The highest BCUT2D eigenvalue weighted by molar-refractivity contribution is 5.70. The van der Waals surface area contributed by atoms with Gasteiger partial charge in [-0.1, -0.05) is 0 Å². The Morgan fingerprint density at radius 1 is 0.652 bits per heavy atom. The number of nitrogen functional groups attached to an aromatic ring is 1. The molecular weight excluding hydrogens is 300 g/mol. The number of rotatable bonds is 2. The molecule has 0 radical (unpaired) electrons. The number of aromatic nitrogens is 3. The molecule has 1 aromatic heterocycles. The highest BCUT2D eigenvalue weighted by Crippen LogP contribution is 2.33. The molecule has 0 fully saturated rings. The Morgan fingerprint density at radius 3 is 1.48 bits per heavy atom. The Bertz CT molecular complexity index is 829. The number of anilines is 1. The van der Waals surface area contributed by atoms with Crippen LogP contribution in [0.15, 0.2) is 36.4 Å². The standard InChI is InChI=1S/C15H12N4O4/c16-15-18-13(9-3-1-7(20)5-11(9)22)17-14(19-15)10-4-2-8(21)6-12(10)23/h1-6,20-23H,(H2,16,17,18,19). The van der Waals surface area contributed by atoms with Crippen molar-refractivity contribution in [2.45, 2.75) is 0 Å². The van der Waals surface area contributed by atoms with Crippen LogP contribution in [0.25, 0.3) is 22.8 Å². The van der Waals surface area contributed by atoms with E-state index in [2.05, 4.69) is 15.0 Å². The summed E-state index contributed by atoms with van der Waals surface area (Å²) in [6, 6.07) is 7.89. The Kier molecular flexibility index (Phi) is 3.34. The number of phenolic OH excluding ortho intramolecular Hbond substituents is 4. The third-order valence-corrected chi connectivity index (χ3v) is 3.10. The second-order valence-electron chi connectivity index (χ2n) is 4.74. The lowest BCUT2D eigenvalue weighted by Gasteiger charge is -2.08. The summed E-state index contributed by atoms with van der Waals surface area (Å²) in [5.41, 5.74) is 6.16. The summed E-state index contributed by atoms with van der Waals surface area (Å²) >= 11 is 0. The molecule has 0 aliphatic carbocycles. The van der Waals surface area contributed by atoms with E-state index < -0.39 is 0 Å². The van der Waals surface area contributed by atoms with Crippen LogP contribution in [0.3, 0.4) is 0 Å². The molecule has 23 heavy (non-hydrogen) atoms. The van der Waals surface area contributed by atoms with Gasteiger partial charge >= 0.3 is 0 Å². The lowest BCUT2D eigenvalue weighted by molar-refractivity contribution is 0.451. The zero-order valence-corrected chi connectivity index (χ0v) is 11.7. The van der Waals surface area contributed by atoms with Gasteiger partial charge in [0.1, 0.15) is 23.0 Å². The maximum absolute atomic E-state index is 9.90. The number of aromatic hydroxyl groups is 4. The van der Waals surface area contributed by atoms with Gasteiger partial charge in [0.15, 0.2) is 11.6 Å². The number of hydrogen-bond acceptors (Lipinski definition) is 8. The number of hydrogen-bond donors (Lipinski definition) is 5. The van der Waals surface area contributed by atoms with Gasteiger partial charge in [-0.15, -0.1) is 0 Å². The summed E-state index contributed by atoms with van der Waals surface area (Å²) in [6.07, 6.45) is 0.